The first-order valence-corrected chi connectivity index (χ1v) is 7.62. The monoisotopic (exact) mass is 300 g/mol. The van der Waals surface area contributed by atoms with Crippen molar-refractivity contribution in [2.24, 2.45) is 0 Å². The normalized spacial score (nSPS) is 11.1. The van der Waals surface area contributed by atoms with Gasteiger partial charge < -0.3 is 10.2 Å². The summed E-state index contributed by atoms with van der Waals surface area (Å²) in [5, 5.41) is 24.5. The summed E-state index contributed by atoms with van der Waals surface area (Å²) in [7, 11) is 0. The van der Waals surface area contributed by atoms with Gasteiger partial charge in [0, 0.05) is 12.0 Å². The van der Waals surface area contributed by atoms with Crippen molar-refractivity contribution < 1.29 is 10.2 Å². The summed E-state index contributed by atoms with van der Waals surface area (Å²) in [5.74, 6) is 0.379. The third-order valence-electron chi connectivity index (χ3n) is 4.28. The maximum absolute atomic E-state index is 10.0. The van der Waals surface area contributed by atoms with Gasteiger partial charge in [0.1, 0.15) is 11.5 Å². The highest BCUT2D eigenvalue weighted by atomic mass is 16.3. The summed E-state index contributed by atoms with van der Waals surface area (Å²) in [4.78, 5) is 0. The van der Waals surface area contributed by atoms with Gasteiger partial charge in [-0.3, -0.25) is 0 Å². The van der Waals surface area contributed by atoms with E-state index in [-0.39, 0.29) is 11.5 Å². The van der Waals surface area contributed by atoms with Crippen molar-refractivity contribution in [2.75, 3.05) is 0 Å². The van der Waals surface area contributed by atoms with E-state index in [4.69, 9.17) is 0 Å². The highest BCUT2D eigenvalue weighted by molar-refractivity contribution is 5.99. The number of phenols is 2. The molecule has 0 radical (unpaired) electrons. The minimum absolute atomic E-state index is 0.170. The summed E-state index contributed by atoms with van der Waals surface area (Å²) in [5.41, 5.74) is 1.86. The lowest BCUT2D eigenvalue weighted by molar-refractivity contribution is 0.455. The molecule has 0 aliphatic rings. The fourth-order valence-corrected chi connectivity index (χ4v) is 3.10. The van der Waals surface area contributed by atoms with Gasteiger partial charge in [-0.2, -0.15) is 0 Å². The van der Waals surface area contributed by atoms with Crippen molar-refractivity contribution in [3.8, 4) is 11.5 Å². The van der Waals surface area contributed by atoms with Gasteiger partial charge in [0.2, 0.25) is 0 Å². The number of phenolic OH excluding ortho intramolecular Hbond substituents is 2. The van der Waals surface area contributed by atoms with Crippen LogP contribution in [0.25, 0.3) is 21.5 Å². The van der Waals surface area contributed by atoms with Gasteiger partial charge in [0.05, 0.1) is 0 Å². The first kappa shape index (κ1) is 13.6. The van der Waals surface area contributed by atoms with Gasteiger partial charge >= 0.3 is 0 Å². The molecule has 0 fully saturated rings. The summed E-state index contributed by atoms with van der Waals surface area (Å²) in [6.45, 7) is 0. The molecule has 2 N–H and O–H groups in total. The Hall–Kier alpha value is -3.00. The Morgan fingerprint density at radius 1 is 0.609 bits per heavy atom. The Labute approximate surface area is 134 Å². The Kier molecular flexibility index (Phi) is 3.16. The van der Waals surface area contributed by atoms with Crippen LogP contribution in [0.3, 0.4) is 0 Å². The van der Waals surface area contributed by atoms with E-state index in [1.54, 1.807) is 6.07 Å². The molecule has 0 saturated heterocycles. The van der Waals surface area contributed by atoms with E-state index in [9.17, 15) is 10.2 Å². The van der Waals surface area contributed by atoms with Crippen molar-refractivity contribution in [3.63, 3.8) is 0 Å². The molecular formula is C21H16O2. The highest BCUT2D eigenvalue weighted by Gasteiger charge is 2.08. The first-order chi connectivity index (χ1) is 11.2. The third kappa shape index (κ3) is 2.49. The van der Waals surface area contributed by atoms with Crippen LogP contribution in [0.2, 0.25) is 0 Å². The standard InChI is InChI=1S/C21H16O2/c22-19-8-9-21(23)18(12-19)11-17-7-3-6-16-10-14-4-1-2-5-15(14)13-20(16)17/h1-10,12-13,22-23H,11H2. The zero-order chi connectivity index (χ0) is 15.8. The van der Waals surface area contributed by atoms with E-state index in [1.807, 2.05) is 18.2 Å². The summed E-state index contributed by atoms with van der Waals surface area (Å²) in [6.07, 6.45) is 0.579. The smallest absolute Gasteiger partial charge is 0.119 e. The van der Waals surface area contributed by atoms with Crippen LogP contribution < -0.4 is 0 Å². The maximum atomic E-state index is 10.0. The van der Waals surface area contributed by atoms with E-state index in [1.165, 1.54) is 33.7 Å². The Balaban J connectivity index is 1.89. The van der Waals surface area contributed by atoms with Gasteiger partial charge in [-0.05, 0) is 57.4 Å². The number of hydrogen-bond acceptors (Lipinski definition) is 2. The molecule has 2 nitrogen and oxygen atoms in total. The molecule has 0 unspecified atom stereocenters. The maximum Gasteiger partial charge on any atom is 0.119 e. The molecule has 0 bridgehead atoms. The molecule has 0 saturated carbocycles. The second-order valence-electron chi connectivity index (χ2n) is 5.83. The van der Waals surface area contributed by atoms with Crippen molar-refractivity contribution in [3.05, 3.63) is 83.9 Å². The number of rotatable bonds is 2. The zero-order valence-electron chi connectivity index (χ0n) is 12.5. The molecule has 0 heterocycles. The van der Waals surface area contributed by atoms with Gasteiger partial charge in [-0.25, -0.2) is 0 Å². The minimum atomic E-state index is 0.170. The number of aromatic hydroxyl groups is 2. The molecular weight excluding hydrogens is 284 g/mol. The van der Waals surface area contributed by atoms with Gasteiger partial charge in [0.25, 0.3) is 0 Å². The van der Waals surface area contributed by atoms with Crippen LogP contribution >= 0.6 is 0 Å². The van der Waals surface area contributed by atoms with Crippen LogP contribution in [-0.2, 0) is 6.42 Å². The second-order valence-corrected chi connectivity index (χ2v) is 5.83. The predicted octanol–water partition coefficient (Wildman–Crippen LogP) is 5.00. The second kappa shape index (κ2) is 5.33. The lowest BCUT2D eigenvalue weighted by atomic mass is 9.95. The van der Waals surface area contributed by atoms with Gasteiger partial charge in [0.15, 0.2) is 0 Å². The Morgan fingerprint density at radius 2 is 1.35 bits per heavy atom. The summed E-state index contributed by atoms with van der Waals surface area (Å²) < 4.78 is 0. The summed E-state index contributed by atoms with van der Waals surface area (Å²) in [6, 6.07) is 23.5. The van der Waals surface area contributed by atoms with Crippen molar-refractivity contribution >= 4 is 21.5 Å². The number of hydrogen-bond donors (Lipinski definition) is 2. The molecule has 4 aromatic rings. The topological polar surface area (TPSA) is 40.5 Å². The van der Waals surface area contributed by atoms with Crippen molar-refractivity contribution in [1.29, 1.82) is 0 Å². The zero-order valence-corrected chi connectivity index (χ0v) is 12.5. The molecule has 4 aromatic carbocycles. The predicted molar refractivity (Wildman–Crippen MR) is 94.0 cm³/mol. The van der Waals surface area contributed by atoms with E-state index in [0.717, 1.165) is 11.1 Å². The van der Waals surface area contributed by atoms with Crippen molar-refractivity contribution in [2.45, 2.75) is 6.42 Å². The third-order valence-corrected chi connectivity index (χ3v) is 4.28. The quantitative estimate of drug-likeness (QED) is 0.404. The minimum Gasteiger partial charge on any atom is -0.508 e. The largest absolute Gasteiger partial charge is 0.508 e. The van der Waals surface area contributed by atoms with Crippen LogP contribution in [-0.4, -0.2) is 10.2 Å². The number of fused-ring (bicyclic) bond motifs is 2. The van der Waals surface area contributed by atoms with E-state index < -0.39 is 0 Å². The molecule has 0 amide bonds. The van der Waals surface area contributed by atoms with Gasteiger partial charge in [-0.15, -0.1) is 0 Å². The highest BCUT2D eigenvalue weighted by Crippen LogP contribution is 2.30. The first-order valence-electron chi connectivity index (χ1n) is 7.62. The average molecular weight is 300 g/mol. The number of benzene rings is 4. The fraction of sp³-hybridized carbons (Fsp3) is 0.0476. The van der Waals surface area contributed by atoms with Crippen LogP contribution in [0.4, 0.5) is 0 Å². The molecule has 0 spiro atoms. The van der Waals surface area contributed by atoms with Gasteiger partial charge in [-0.1, -0.05) is 42.5 Å². The summed E-state index contributed by atoms with van der Waals surface area (Å²) >= 11 is 0. The van der Waals surface area contributed by atoms with E-state index in [2.05, 4.69) is 36.4 Å². The molecule has 23 heavy (non-hydrogen) atoms. The Bertz CT molecular complexity index is 1020. The lowest BCUT2D eigenvalue weighted by Crippen LogP contribution is -1.91. The molecule has 2 heteroatoms. The van der Waals surface area contributed by atoms with Crippen LogP contribution in [0.1, 0.15) is 11.1 Å². The Morgan fingerprint density at radius 3 is 2.17 bits per heavy atom. The van der Waals surface area contributed by atoms with Crippen LogP contribution in [0, 0.1) is 0 Å². The lowest BCUT2D eigenvalue weighted by Gasteiger charge is -2.10. The molecule has 0 aromatic heterocycles. The van der Waals surface area contributed by atoms with E-state index in [0.29, 0.717) is 6.42 Å². The molecule has 4 rings (SSSR count). The van der Waals surface area contributed by atoms with Crippen LogP contribution in [0.5, 0.6) is 11.5 Å². The average Bonchev–Trinajstić information content (AvgIpc) is 2.57. The molecule has 0 atom stereocenters. The molecule has 0 aliphatic heterocycles. The van der Waals surface area contributed by atoms with E-state index >= 15 is 0 Å². The SMILES string of the molecule is Oc1ccc(O)c(Cc2cccc3cc4ccccc4cc23)c1. The molecule has 112 valence electrons. The van der Waals surface area contributed by atoms with Crippen LogP contribution in [0.15, 0.2) is 72.8 Å². The molecule has 0 aliphatic carbocycles. The fourth-order valence-electron chi connectivity index (χ4n) is 3.10. The van der Waals surface area contributed by atoms with Crippen molar-refractivity contribution in [1.82, 2.24) is 0 Å².